The second-order valence-corrected chi connectivity index (χ2v) is 4.78. The minimum atomic E-state index is -3.49. The standard InChI is InChI=1S/C7H14O6S/c1-11-7-3-5(8)6(13-7)4-12-14(2,9)10/h5-8H,3-4H2,1-2H3. The minimum Gasteiger partial charge on any atom is -0.390 e. The Morgan fingerprint density at radius 3 is 2.64 bits per heavy atom. The molecule has 1 rings (SSSR count). The summed E-state index contributed by atoms with van der Waals surface area (Å²) in [6.07, 6.45) is -0.606. The zero-order valence-electron chi connectivity index (χ0n) is 8.04. The molecule has 0 spiro atoms. The molecule has 14 heavy (non-hydrogen) atoms. The van der Waals surface area contributed by atoms with Crippen LogP contribution < -0.4 is 0 Å². The van der Waals surface area contributed by atoms with Crippen molar-refractivity contribution >= 4 is 10.1 Å². The molecule has 1 aliphatic heterocycles. The first-order valence-electron chi connectivity index (χ1n) is 4.13. The summed E-state index contributed by atoms with van der Waals surface area (Å²) in [5.41, 5.74) is 0. The van der Waals surface area contributed by atoms with Crippen LogP contribution in [-0.4, -0.2) is 52.0 Å². The Kier molecular flexibility index (Phi) is 3.85. The Morgan fingerprint density at radius 1 is 1.57 bits per heavy atom. The lowest BCUT2D eigenvalue weighted by Gasteiger charge is -2.13. The zero-order valence-corrected chi connectivity index (χ0v) is 8.86. The van der Waals surface area contributed by atoms with Crippen molar-refractivity contribution in [3.05, 3.63) is 0 Å². The molecular formula is C7H14O6S. The van der Waals surface area contributed by atoms with Crippen LogP contribution in [0.25, 0.3) is 0 Å². The van der Waals surface area contributed by atoms with Crippen LogP contribution in [0.4, 0.5) is 0 Å². The first kappa shape index (κ1) is 11.9. The quantitative estimate of drug-likeness (QED) is 0.625. The van der Waals surface area contributed by atoms with Gasteiger partial charge in [0.2, 0.25) is 0 Å². The number of hydrogen-bond acceptors (Lipinski definition) is 6. The van der Waals surface area contributed by atoms with Crippen molar-refractivity contribution in [1.29, 1.82) is 0 Å². The summed E-state index contributed by atoms with van der Waals surface area (Å²) >= 11 is 0. The van der Waals surface area contributed by atoms with Crippen LogP contribution in [0, 0.1) is 0 Å². The lowest BCUT2D eigenvalue weighted by molar-refractivity contribution is -0.124. The third-order valence-corrected chi connectivity index (χ3v) is 2.46. The number of aliphatic hydroxyl groups excluding tert-OH is 1. The molecular weight excluding hydrogens is 212 g/mol. The van der Waals surface area contributed by atoms with E-state index >= 15 is 0 Å². The van der Waals surface area contributed by atoms with Gasteiger partial charge in [0.15, 0.2) is 6.29 Å². The first-order chi connectivity index (χ1) is 6.42. The van der Waals surface area contributed by atoms with E-state index < -0.39 is 28.6 Å². The van der Waals surface area contributed by atoms with Gasteiger partial charge in [-0.2, -0.15) is 8.42 Å². The van der Waals surface area contributed by atoms with Crippen molar-refractivity contribution in [3.8, 4) is 0 Å². The Balaban J connectivity index is 2.39. The topological polar surface area (TPSA) is 82.1 Å². The third kappa shape index (κ3) is 3.50. The van der Waals surface area contributed by atoms with Crippen molar-refractivity contribution in [1.82, 2.24) is 0 Å². The number of methoxy groups -OCH3 is 1. The van der Waals surface area contributed by atoms with Crippen LogP contribution in [0.15, 0.2) is 0 Å². The van der Waals surface area contributed by atoms with Crippen molar-refractivity contribution < 1.29 is 27.2 Å². The highest BCUT2D eigenvalue weighted by Crippen LogP contribution is 2.21. The maximum Gasteiger partial charge on any atom is 0.264 e. The van der Waals surface area contributed by atoms with E-state index in [9.17, 15) is 13.5 Å². The van der Waals surface area contributed by atoms with Gasteiger partial charge in [0.25, 0.3) is 10.1 Å². The van der Waals surface area contributed by atoms with Gasteiger partial charge < -0.3 is 14.6 Å². The minimum absolute atomic E-state index is 0.181. The Hall–Kier alpha value is -0.210. The van der Waals surface area contributed by atoms with Crippen LogP contribution in [0.5, 0.6) is 0 Å². The summed E-state index contributed by atoms with van der Waals surface area (Å²) in [5.74, 6) is 0. The average molecular weight is 226 g/mol. The number of rotatable bonds is 4. The predicted octanol–water partition coefficient (Wildman–Crippen LogP) is -0.915. The maximum atomic E-state index is 10.7. The van der Waals surface area contributed by atoms with Gasteiger partial charge in [0.05, 0.1) is 19.0 Å². The summed E-state index contributed by atoms with van der Waals surface area (Å²) in [4.78, 5) is 0. The second-order valence-electron chi connectivity index (χ2n) is 3.13. The fourth-order valence-corrected chi connectivity index (χ4v) is 1.56. The van der Waals surface area contributed by atoms with Gasteiger partial charge in [-0.3, -0.25) is 4.18 Å². The van der Waals surface area contributed by atoms with Gasteiger partial charge in [0, 0.05) is 13.5 Å². The summed E-state index contributed by atoms with van der Waals surface area (Å²) in [6.45, 7) is -0.181. The molecule has 0 aliphatic carbocycles. The third-order valence-electron chi connectivity index (χ3n) is 1.90. The average Bonchev–Trinajstić information content (AvgIpc) is 2.42. The maximum absolute atomic E-state index is 10.7. The monoisotopic (exact) mass is 226 g/mol. The zero-order chi connectivity index (χ0) is 10.8. The molecule has 84 valence electrons. The van der Waals surface area contributed by atoms with Crippen molar-refractivity contribution in [2.75, 3.05) is 20.0 Å². The first-order valence-corrected chi connectivity index (χ1v) is 5.95. The van der Waals surface area contributed by atoms with Crippen molar-refractivity contribution in [3.63, 3.8) is 0 Å². The summed E-state index contributed by atoms with van der Waals surface area (Å²) in [7, 11) is -2.04. The lowest BCUT2D eigenvalue weighted by atomic mass is 10.2. The highest BCUT2D eigenvalue weighted by molar-refractivity contribution is 7.85. The molecule has 6 nitrogen and oxygen atoms in total. The smallest absolute Gasteiger partial charge is 0.264 e. The van der Waals surface area contributed by atoms with Gasteiger partial charge in [0.1, 0.15) is 6.10 Å². The molecule has 1 heterocycles. The largest absolute Gasteiger partial charge is 0.390 e. The van der Waals surface area contributed by atoms with E-state index in [0.29, 0.717) is 6.42 Å². The van der Waals surface area contributed by atoms with Crippen LogP contribution >= 0.6 is 0 Å². The van der Waals surface area contributed by atoms with Crippen LogP contribution in [-0.2, 0) is 23.8 Å². The van der Waals surface area contributed by atoms with Crippen LogP contribution in [0.1, 0.15) is 6.42 Å². The van der Waals surface area contributed by atoms with Crippen LogP contribution in [0.3, 0.4) is 0 Å². The molecule has 0 aromatic carbocycles. The fourth-order valence-electron chi connectivity index (χ4n) is 1.18. The number of ether oxygens (including phenoxy) is 2. The molecule has 0 radical (unpaired) electrons. The lowest BCUT2D eigenvalue weighted by Crippen LogP contribution is -2.27. The van der Waals surface area contributed by atoms with Gasteiger partial charge in [-0.25, -0.2) is 0 Å². The molecule has 1 saturated heterocycles. The Morgan fingerprint density at radius 2 is 2.21 bits per heavy atom. The summed E-state index contributed by atoms with van der Waals surface area (Å²) in [6, 6.07) is 0. The molecule has 7 heteroatoms. The van der Waals surface area contributed by atoms with E-state index in [4.69, 9.17) is 9.47 Å². The summed E-state index contributed by atoms with van der Waals surface area (Å²) < 4.78 is 35.8. The SMILES string of the molecule is COC1CC(O)C(COS(C)(=O)=O)O1. The molecule has 1 aliphatic rings. The second kappa shape index (κ2) is 4.54. The molecule has 3 atom stereocenters. The van der Waals surface area contributed by atoms with Gasteiger partial charge in [-0.1, -0.05) is 0 Å². The molecule has 0 aromatic heterocycles. The van der Waals surface area contributed by atoms with Gasteiger partial charge in [-0.15, -0.1) is 0 Å². The van der Waals surface area contributed by atoms with Crippen molar-refractivity contribution in [2.24, 2.45) is 0 Å². The highest BCUT2D eigenvalue weighted by Gasteiger charge is 2.34. The molecule has 3 unspecified atom stereocenters. The highest BCUT2D eigenvalue weighted by atomic mass is 32.2. The van der Waals surface area contributed by atoms with E-state index in [0.717, 1.165) is 6.26 Å². The van der Waals surface area contributed by atoms with E-state index in [2.05, 4.69) is 4.18 Å². The Labute approximate surface area is 82.9 Å². The summed E-state index contributed by atoms with van der Waals surface area (Å²) in [5, 5.41) is 9.41. The molecule has 0 bridgehead atoms. The molecule has 0 saturated carbocycles. The van der Waals surface area contributed by atoms with Gasteiger partial charge >= 0.3 is 0 Å². The van der Waals surface area contributed by atoms with E-state index in [1.807, 2.05) is 0 Å². The number of hydrogen-bond donors (Lipinski definition) is 1. The van der Waals surface area contributed by atoms with E-state index in [1.165, 1.54) is 7.11 Å². The molecule has 0 amide bonds. The molecule has 1 N–H and O–H groups in total. The normalized spacial score (nSPS) is 33.5. The molecule has 1 fully saturated rings. The molecule has 0 aromatic rings. The van der Waals surface area contributed by atoms with E-state index in [-0.39, 0.29) is 6.61 Å². The van der Waals surface area contributed by atoms with Crippen molar-refractivity contribution in [2.45, 2.75) is 24.9 Å². The predicted molar refractivity (Wildman–Crippen MR) is 47.1 cm³/mol. The van der Waals surface area contributed by atoms with Crippen LogP contribution in [0.2, 0.25) is 0 Å². The fraction of sp³-hybridized carbons (Fsp3) is 1.00. The Bertz CT molecular complexity index is 274. The number of aliphatic hydroxyl groups is 1. The van der Waals surface area contributed by atoms with E-state index in [1.54, 1.807) is 0 Å². The van der Waals surface area contributed by atoms with Gasteiger partial charge in [-0.05, 0) is 0 Å².